The topological polar surface area (TPSA) is 60.0 Å². The summed E-state index contributed by atoms with van der Waals surface area (Å²) in [6.07, 6.45) is 2.47. The molecule has 6 nitrogen and oxygen atoms in total. The van der Waals surface area contributed by atoms with Gasteiger partial charge in [0.05, 0.1) is 0 Å². The van der Waals surface area contributed by atoms with Gasteiger partial charge >= 0.3 is 0 Å². The van der Waals surface area contributed by atoms with Gasteiger partial charge in [-0.2, -0.15) is 0 Å². The van der Waals surface area contributed by atoms with Crippen molar-refractivity contribution in [1.82, 2.24) is 20.4 Å². The summed E-state index contributed by atoms with van der Waals surface area (Å²) in [6.45, 7) is 10.7. The summed E-state index contributed by atoms with van der Waals surface area (Å²) in [5, 5.41) is 9.03. The van der Waals surface area contributed by atoms with Crippen LogP contribution in [0.15, 0.2) is 22.5 Å². The van der Waals surface area contributed by atoms with Crippen molar-refractivity contribution in [2.75, 3.05) is 46.8 Å². The fraction of sp³-hybridized carbons (Fsp3) is 0.700. The Hall–Kier alpha value is -1.60. The molecule has 0 spiro atoms. The van der Waals surface area contributed by atoms with Crippen molar-refractivity contribution >= 4 is 23.2 Å². The van der Waals surface area contributed by atoms with E-state index >= 15 is 0 Å². The second kappa shape index (κ2) is 10.1. The van der Waals surface area contributed by atoms with Crippen LogP contribution in [0.4, 0.5) is 0 Å². The van der Waals surface area contributed by atoms with E-state index in [9.17, 15) is 4.79 Å². The number of hydrogen-bond donors (Lipinski definition) is 2. The molecule has 0 bridgehead atoms. The lowest BCUT2D eigenvalue weighted by atomic mass is 9.91. The third kappa shape index (κ3) is 6.50. The Morgan fingerprint density at radius 2 is 2.19 bits per heavy atom. The summed E-state index contributed by atoms with van der Waals surface area (Å²) in [5.74, 6) is 0.724. The van der Waals surface area contributed by atoms with E-state index in [-0.39, 0.29) is 17.9 Å². The molecule has 2 N–H and O–H groups in total. The summed E-state index contributed by atoms with van der Waals surface area (Å²) in [5.41, 5.74) is 0.00495. The summed E-state index contributed by atoms with van der Waals surface area (Å²) >= 11 is 1.77. The van der Waals surface area contributed by atoms with Crippen LogP contribution in [-0.4, -0.2) is 74.5 Å². The maximum Gasteiger partial charge on any atom is 0.243 e. The molecule has 0 saturated carbocycles. The first-order chi connectivity index (χ1) is 12.8. The van der Waals surface area contributed by atoms with Crippen molar-refractivity contribution in [2.24, 2.45) is 4.99 Å². The lowest BCUT2D eigenvalue weighted by molar-refractivity contribution is -0.127. The molecule has 1 atom stereocenters. The number of carbonyl (C=O) groups excluding carboxylic acids is 1. The fourth-order valence-corrected chi connectivity index (χ4v) is 4.13. The normalized spacial score (nSPS) is 18.6. The average molecular weight is 394 g/mol. The lowest BCUT2D eigenvalue weighted by Crippen LogP contribution is -2.48. The average Bonchev–Trinajstić information content (AvgIpc) is 3.32. The van der Waals surface area contributed by atoms with Crippen molar-refractivity contribution in [2.45, 2.75) is 45.1 Å². The fourth-order valence-electron chi connectivity index (χ4n) is 3.27. The highest BCUT2D eigenvalue weighted by molar-refractivity contribution is 7.10. The number of likely N-dealkylation sites (N-methyl/N-ethyl adjacent to an activating group) is 2. The van der Waals surface area contributed by atoms with Crippen LogP contribution in [0.5, 0.6) is 0 Å². The maximum absolute atomic E-state index is 12.0. The first-order valence-electron chi connectivity index (χ1n) is 9.84. The Morgan fingerprint density at radius 3 is 2.81 bits per heavy atom. The predicted octanol–water partition coefficient (Wildman–Crippen LogP) is 2.13. The number of hydrogen-bond acceptors (Lipinski definition) is 4. The van der Waals surface area contributed by atoms with Gasteiger partial charge in [0.2, 0.25) is 5.91 Å². The van der Waals surface area contributed by atoms with E-state index in [1.807, 2.05) is 0 Å². The predicted molar refractivity (Wildman–Crippen MR) is 115 cm³/mol. The van der Waals surface area contributed by atoms with Crippen molar-refractivity contribution in [3.8, 4) is 0 Å². The molecule has 152 valence electrons. The first kappa shape index (κ1) is 21.7. The van der Waals surface area contributed by atoms with E-state index in [1.54, 1.807) is 30.3 Å². The van der Waals surface area contributed by atoms with Gasteiger partial charge in [-0.05, 0) is 37.4 Å². The minimum atomic E-state index is 0.00432. The molecule has 1 unspecified atom stereocenters. The molecule has 2 rings (SSSR count). The quantitative estimate of drug-likeness (QED) is 0.525. The van der Waals surface area contributed by atoms with Crippen LogP contribution in [0.2, 0.25) is 0 Å². The third-order valence-electron chi connectivity index (χ3n) is 5.17. The molecular formula is C20H35N5OS. The number of aliphatic imine (C=N–C) groups is 1. The zero-order valence-corrected chi connectivity index (χ0v) is 18.2. The third-order valence-corrected chi connectivity index (χ3v) is 6.40. The zero-order chi connectivity index (χ0) is 19.9. The Labute approximate surface area is 168 Å². The number of amides is 1. The number of likely N-dealkylation sites (tertiary alicyclic amines) is 1. The summed E-state index contributed by atoms with van der Waals surface area (Å²) in [6, 6.07) is 4.80. The van der Waals surface area contributed by atoms with E-state index in [4.69, 9.17) is 0 Å². The van der Waals surface area contributed by atoms with E-state index in [1.165, 1.54) is 24.3 Å². The van der Waals surface area contributed by atoms with Gasteiger partial charge in [0.1, 0.15) is 6.54 Å². The molecule has 2 heterocycles. The Bertz CT molecular complexity index is 612. The van der Waals surface area contributed by atoms with Crippen LogP contribution >= 0.6 is 11.3 Å². The molecule has 1 aliphatic rings. The number of rotatable bonds is 8. The van der Waals surface area contributed by atoms with Gasteiger partial charge in [0, 0.05) is 43.5 Å². The van der Waals surface area contributed by atoms with Crippen LogP contribution in [0.3, 0.4) is 0 Å². The monoisotopic (exact) mass is 393 g/mol. The molecule has 1 aromatic rings. The SMILES string of the molecule is CCN1CCCC1CNC(=NCC(=O)N(C)C)NCC(C)(C)c1cccs1. The minimum absolute atomic E-state index is 0.00432. The van der Waals surface area contributed by atoms with E-state index < -0.39 is 0 Å². The van der Waals surface area contributed by atoms with Gasteiger partial charge < -0.3 is 15.5 Å². The highest BCUT2D eigenvalue weighted by atomic mass is 32.1. The maximum atomic E-state index is 12.0. The second-order valence-corrected chi connectivity index (χ2v) is 8.92. The number of carbonyl (C=O) groups is 1. The van der Waals surface area contributed by atoms with E-state index in [0.29, 0.717) is 6.04 Å². The van der Waals surface area contributed by atoms with Crippen molar-refractivity contribution < 1.29 is 4.79 Å². The smallest absolute Gasteiger partial charge is 0.243 e. The van der Waals surface area contributed by atoms with Crippen LogP contribution in [0.1, 0.15) is 38.5 Å². The zero-order valence-electron chi connectivity index (χ0n) is 17.4. The van der Waals surface area contributed by atoms with Gasteiger partial charge in [0.25, 0.3) is 0 Å². The molecular weight excluding hydrogens is 358 g/mol. The van der Waals surface area contributed by atoms with Crippen LogP contribution in [-0.2, 0) is 10.2 Å². The molecule has 0 radical (unpaired) electrons. The molecule has 1 aromatic heterocycles. The van der Waals surface area contributed by atoms with E-state index in [0.717, 1.165) is 25.6 Å². The van der Waals surface area contributed by atoms with Gasteiger partial charge in [-0.15, -0.1) is 11.3 Å². The Kier molecular flexibility index (Phi) is 8.10. The molecule has 27 heavy (non-hydrogen) atoms. The molecule has 0 aliphatic carbocycles. The summed E-state index contributed by atoms with van der Waals surface area (Å²) in [7, 11) is 3.52. The molecule has 7 heteroatoms. The van der Waals surface area contributed by atoms with Crippen LogP contribution in [0, 0.1) is 0 Å². The molecule has 1 aliphatic heterocycles. The number of guanidine groups is 1. The molecule has 0 aromatic carbocycles. The number of nitrogens with one attached hydrogen (secondary N) is 2. The summed E-state index contributed by atoms with van der Waals surface area (Å²) in [4.78, 5) is 21.9. The van der Waals surface area contributed by atoms with Gasteiger partial charge in [-0.25, -0.2) is 4.99 Å². The molecule has 1 saturated heterocycles. The molecule has 1 amide bonds. The van der Waals surface area contributed by atoms with Gasteiger partial charge in [-0.3, -0.25) is 9.69 Å². The molecule has 1 fully saturated rings. The van der Waals surface area contributed by atoms with Gasteiger partial charge in [0.15, 0.2) is 5.96 Å². The Morgan fingerprint density at radius 1 is 1.41 bits per heavy atom. The second-order valence-electron chi connectivity index (χ2n) is 7.97. The van der Waals surface area contributed by atoms with Crippen LogP contribution < -0.4 is 10.6 Å². The number of thiophene rings is 1. The number of nitrogens with zero attached hydrogens (tertiary/aromatic N) is 3. The van der Waals surface area contributed by atoms with Gasteiger partial charge in [-0.1, -0.05) is 26.8 Å². The van der Waals surface area contributed by atoms with Crippen molar-refractivity contribution in [1.29, 1.82) is 0 Å². The first-order valence-corrected chi connectivity index (χ1v) is 10.7. The highest BCUT2D eigenvalue weighted by Gasteiger charge is 2.24. The largest absolute Gasteiger partial charge is 0.355 e. The highest BCUT2D eigenvalue weighted by Crippen LogP contribution is 2.26. The lowest BCUT2D eigenvalue weighted by Gasteiger charge is -2.27. The summed E-state index contributed by atoms with van der Waals surface area (Å²) < 4.78 is 0. The van der Waals surface area contributed by atoms with Crippen molar-refractivity contribution in [3.05, 3.63) is 22.4 Å². The van der Waals surface area contributed by atoms with Crippen molar-refractivity contribution in [3.63, 3.8) is 0 Å². The Balaban J connectivity index is 1.98. The minimum Gasteiger partial charge on any atom is -0.355 e. The van der Waals surface area contributed by atoms with E-state index in [2.05, 4.69) is 58.8 Å². The standard InChI is InChI=1S/C20H35N5OS/c1-6-25-11-7-9-16(25)13-21-19(22-14-18(26)24(4)5)23-15-20(2,3)17-10-8-12-27-17/h8,10,12,16H,6-7,9,11,13-15H2,1-5H3,(H2,21,22,23). The van der Waals surface area contributed by atoms with Crippen LogP contribution in [0.25, 0.3) is 0 Å².